The molecule has 0 aromatic heterocycles. The molecular formula is C9H17IO3. The van der Waals surface area contributed by atoms with Crippen LogP contribution in [0.15, 0.2) is 0 Å². The molecule has 0 aromatic rings. The second kappa shape index (κ2) is 6.16. The van der Waals surface area contributed by atoms with Crippen molar-refractivity contribution in [1.29, 1.82) is 0 Å². The molecule has 13 heavy (non-hydrogen) atoms. The fourth-order valence-corrected chi connectivity index (χ4v) is 1.93. The molecule has 0 spiro atoms. The van der Waals surface area contributed by atoms with Crippen LogP contribution in [0.4, 0.5) is 0 Å². The van der Waals surface area contributed by atoms with Gasteiger partial charge in [-0.2, -0.15) is 0 Å². The zero-order valence-corrected chi connectivity index (χ0v) is 10.2. The fraction of sp³-hybridized carbons (Fsp3) is 1.00. The number of alkyl halides is 1. The van der Waals surface area contributed by atoms with Gasteiger partial charge in [-0.1, -0.05) is 22.6 Å². The Hall–Kier alpha value is 0.610. The van der Waals surface area contributed by atoms with Crippen molar-refractivity contribution in [2.45, 2.75) is 32.2 Å². The lowest BCUT2D eigenvalue weighted by molar-refractivity contribution is -0.332. The average molecular weight is 300 g/mol. The minimum atomic E-state index is -0.708. The molecule has 0 amide bonds. The standard InChI is InChI=1S/C9H17IO3/c1-2-11-9(5-3-4-6-10)12-7-8-13-9/h2-8H2,1H3. The van der Waals surface area contributed by atoms with Crippen LogP contribution in [0.5, 0.6) is 0 Å². The molecule has 1 fully saturated rings. The molecule has 1 aliphatic heterocycles. The largest absolute Gasteiger partial charge is 0.328 e. The van der Waals surface area contributed by atoms with Gasteiger partial charge < -0.3 is 14.2 Å². The Morgan fingerprint density at radius 1 is 1.31 bits per heavy atom. The summed E-state index contributed by atoms with van der Waals surface area (Å²) < 4.78 is 17.6. The maximum Gasteiger partial charge on any atom is 0.283 e. The van der Waals surface area contributed by atoms with Gasteiger partial charge in [0.2, 0.25) is 0 Å². The maximum absolute atomic E-state index is 5.49. The Bertz CT molecular complexity index is 135. The highest BCUT2D eigenvalue weighted by Gasteiger charge is 2.36. The van der Waals surface area contributed by atoms with E-state index in [2.05, 4.69) is 22.6 Å². The predicted molar refractivity (Wildman–Crippen MR) is 59.0 cm³/mol. The van der Waals surface area contributed by atoms with Crippen LogP contribution in [-0.2, 0) is 14.2 Å². The molecule has 0 N–H and O–H groups in total. The minimum absolute atomic E-state index is 0.643. The second-order valence-corrected chi connectivity index (χ2v) is 4.04. The summed E-state index contributed by atoms with van der Waals surface area (Å²) in [6.07, 6.45) is 3.15. The van der Waals surface area contributed by atoms with Crippen LogP contribution in [0.3, 0.4) is 0 Å². The molecule has 1 saturated heterocycles. The monoisotopic (exact) mass is 300 g/mol. The van der Waals surface area contributed by atoms with Gasteiger partial charge in [-0.15, -0.1) is 0 Å². The summed E-state index contributed by atoms with van der Waals surface area (Å²) in [6.45, 7) is 3.92. The van der Waals surface area contributed by atoms with Gasteiger partial charge in [-0.25, -0.2) is 0 Å². The van der Waals surface area contributed by atoms with Gasteiger partial charge in [0.1, 0.15) is 0 Å². The van der Waals surface area contributed by atoms with E-state index in [-0.39, 0.29) is 0 Å². The van der Waals surface area contributed by atoms with Crippen molar-refractivity contribution in [3.05, 3.63) is 0 Å². The molecule has 0 saturated carbocycles. The summed E-state index contributed by atoms with van der Waals surface area (Å²) in [5.41, 5.74) is 0. The van der Waals surface area contributed by atoms with Gasteiger partial charge >= 0.3 is 0 Å². The van der Waals surface area contributed by atoms with E-state index < -0.39 is 5.97 Å². The second-order valence-electron chi connectivity index (χ2n) is 2.96. The third kappa shape index (κ3) is 3.69. The first-order valence-corrected chi connectivity index (χ1v) is 6.33. The lowest BCUT2D eigenvalue weighted by Gasteiger charge is -2.26. The van der Waals surface area contributed by atoms with E-state index in [9.17, 15) is 0 Å². The van der Waals surface area contributed by atoms with E-state index in [1.165, 1.54) is 10.8 Å². The van der Waals surface area contributed by atoms with Crippen LogP contribution in [0, 0.1) is 0 Å². The highest BCUT2D eigenvalue weighted by molar-refractivity contribution is 14.1. The number of hydrogen-bond acceptors (Lipinski definition) is 3. The first-order chi connectivity index (χ1) is 6.33. The Balaban J connectivity index is 2.28. The van der Waals surface area contributed by atoms with E-state index in [4.69, 9.17) is 14.2 Å². The molecular weight excluding hydrogens is 283 g/mol. The molecule has 1 heterocycles. The van der Waals surface area contributed by atoms with Crippen molar-refractivity contribution in [3.63, 3.8) is 0 Å². The zero-order valence-electron chi connectivity index (χ0n) is 8.05. The van der Waals surface area contributed by atoms with Crippen LogP contribution < -0.4 is 0 Å². The Morgan fingerprint density at radius 3 is 2.54 bits per heavy atom. The Kier molecular flexibility index (Phi) is 5.54. The zero-order chi connectivity index (χ0) is 9.57. The Morgan fingerprint density at radius 2 is 2.00 bits per heavy atom. The molecule has 0 aliphatic carbocycles. The van der Waals surface area contributed by atoms with E-state index in [0.717, 1.165) is 12.8 Å². The number of rotatable bonds is 6. The molecule has 0 aromatic carbocycles. The van der Waals surface area contributed by atoms with Crippen LogP contribution in [0.25, 0.3) is 0 Å². The van der Waals surface area contributed by atoms with Gasteiger partial charge in [0.15, 0.2) is 0 Å². The van der Waals surface area contributed by atoms with Crippen molar-refractivity contribution < 1.29 is 14.2 Å². The SMILES string of the molecule is CCOC1(CCCCI)OCCO1. The summed E-state index contributed by atoms with van der Waals surface area (Å²) in [6, 6.07) is 0. The highest BCUT2D eigenvalue weighted by Crippen LogP contribution is 2.27. The molecule has 0 atom stereocenters. The summed E-state index contributed by atoms with van der Waals surface area (Å²) in [5, 5.41) is 0. The van der Waals surface area contributed by atoms with Crippen LogP contribution in [0.1, 0.15) is 26.2 Å². The average Bonchev–Trinajstić information content (AvgIpc) is 2.55. The molecule has 1 rings (SSSR count). The third-order valence-electron chi connectivity index (χ3n) is 1.96. The number of unbranched alkanes of at least 4 members (excludes halogenated alkanes) is 1. The van der Waals surface area contributed by atoms with E-state index in [1.807, 2.05) is 6.92 Å². The number of halogens is 1. The van der Waals surface area contributed by atoms with Crippen molar-refractivity contribution >= 4 is 22.6 Å². The minimum Gasteiger partial charge on any atom is -0.328 e. The molecule has 3 nitrogen and oxygen atoms in total. The number of hydrogen-bond donors (Lipinski definition) is 0. The molecule has 0 bridgehead atoms. The summed E-state index contributed by atoms with van der Waals surface area (Å²) in [5.74, 6) is -0.708. The van der Waals surface area contributed by atoms with Gasteiger partial charge in [-0.05, 0) is 24.2 Å². The van der Waals surface area contributed by atoms with E-state index in [0.29, 0.717) is 19.8 Å². The van der Waals surface area contributed by atoms with Crippen LogP contribution in [-0.4, -0.2) is 30.2 Å². The van der Waals surface area contributed by atoms with Crippen molar-refractivity contribution in [2.75, 3.05) is 24.2 Å². The maximum atomic E-state index is 5.49. The smallest absolute Gasteiger partial charge is 0.283 e. The quantitative estimate of drug-likeness (QED) is 0.428. The summed E-state index contributed by atoms with van der Waals surface area (Å²) in [7, 11) is 0. The van der Waals surface area contributed by atoms with Crippen LogP contribution in [0.2, 0.25) is 0 Å². The first kappa shape index (κ1) is 11.7. The van der Waals surface area contributed by atoms with Crippen LogP contribution >= 0.6 is 22.6 Å². The van der Waals surface area contributed by atoms with Gasteiger partial charge in [-0.3, -0.25) is 0 Å². The van der Waals surface area contributed by atoms with Gasteiger partial charge in [0, 0.05) is 13.0 Å². The lowest BCUT2D eigenvalue weighted by atomic mass is 10.2. The number of ether oxygens (including phenoxy) is 3. The molecule has 0 unspecified atom stereocenters. The summed E-state index contributed by atoms with van der Waals surface area (Å²) in [4.78, 5) is 0. The lowest BCUT2D eigenvalue weighted by Crippen LogP contribution is -2.33. The first-order valence-electron chi connectivity index (χ1n) is 4.81. The van der Waals surface area contributed by atoms with Crippen molar-refractivity contribution in [3.8, 4) is 0 Å². The van der Waals surface area contributed by atoms with E-state index >= 15 is 0 Å². The topological polar surface area (TPSA) is 27.7 Å². The fourth-order valence-electron chi connectivity index (χ4n) is 1.39. The van der Waals surface area contributed by atoms with E-state index in [1.54, 1.807) is 0 Å². The van der Waals surface area contributed by atoms with Gasteiger partial charge in [0.05, 0.1) is 13.2 Å². The molecule has 78 valence electrons. The van der Waals surface area contributed by atoms with Crippen molar-refractivity contribution in [1.82, 2.24) is 0 Å². The highest BCUT2D eigenvalue weighted by atomic mass is 127. The molecule has 1 aliphatic rings. The molecule has 4 heteroatoms. The normalized spacial score (nSPS) is 20.8. The predicted octanol–water partition coefficient (Wildman–Crippen LogP) is 2.33. The third-order valence-corrected chi connectivity index (χ3v) is 2.72. The Labute approximate surface area is 93.3 Å². The summed E-state index contributed by atoms with van der Waals surface area (Å²) >= 11 is 2.38. The van der Waals surface area contributed by atoms with Gasteiger partial charge in [0.25, 0.3) is 5.97 Å². The van der Waals surface area contributed by atoms with Crippen molar-refractivity contribution in [2.24, 2.45) is 0 Å². The molecule has 0 radical (unpaired) electrons.